The molecule has 0 aliphatic rings. The standard InChI is InChI=1S/C24H7F4N7O2/c1-9(6-29)23-34-19-17(10-2-13(25)32-14(26)3-10)22-20(35-24(37-22)12(7-30)8-31)18(21(19)36-23)11-4-15(27)33-16(28)5-11/h2-5H,1H3/b23-9-. The zero-order valence-corrected chi connectivity index (χ0v) is 18.3. The van der Waals surface area contributed by atoms with E-state index in [9.17, 15) is 33.3 Å². The van der Waals surface area contributed by atoms with Crippen molar-refractivity contribution in [1.82, 2.24) is 19.9 Å². The maximum absolute atomic E-state index is 14.1. The van der Waals surface area contributed by atoms with E-state index in [1.54, 1.807) is 12.1 Å². The van der Waals surface area contributed by atoms with Crippen LogP contribution in [0.25, 0.3) is 55.6 Å². The topological polar surface area (TPSA) is 149 Å². The van der Waals surface area contributed by atoms with Crippen molar-refractivity contribution < 1.29 is 26.4 Å². The Hall–Kier alpha value is -5.61. The van der Waals surface area contributed by atoms with Crippen LogP contribution in [-0.4, -0.2) is 19.9 Å². The molecule has 4 heterocycles. The lowest BCUT2D eigenvalue weighted by molar-refractivity contribution is 0.512. The van der Waals surface area contributed by atoms with E-state index in [2.05, 4.69) is 19.9 Å². The lowest BCUT2D eigenvalue weighted by atomic mass is 9.97. The molecule has 13 heteroatoms. The summed E-state index contributed by atoms with van der Waals surface area (Å²) >= 11 is 0. The number of nitrogens with zero attached hydrogens (tertiary/aromatic N) is 7. The molecule has 0 N–H and O–H groups in total. The Labute approximate surface area is 202 Å². The molecule has 0 bridgehead atoms. The molecule has 1 aromatic carbocycles. The SMILES string of the molecule is C/C(C#N)=c1\nc2c(-c3cc(F)nc(F)c3)c3oc(=C(C#N)C#N)nc3c(-c3cc(F)nc(F)c3)c2o1. The Kier molecular flexibility index (Phi) is 5.35. The van der Waals surface area contributed by atoms with Crippen molar-refractivity contribution in [3.8, 4) is 40.5 Å². The molecule has 0 aliphatic heterocycles. The summed E-state index contributed by atoms with van der Waals surface area (Å²) < 4.78 is 67.9. The maximum atomic E-state index is 14.1. The molecule has 4 aromatic heterocycles. The lowest BCUT2D eigenvalue weighted by Crippen LogP contribution is -2.04. The van der Waals surface area contributed by atoms with Gasteiger partial charge in [-0.05, 0) is 18.1 Å². The van der Waals surface area contributed by atoms with Crippen molar-refractivity contribution in [2.24, 2.45) is 0 Å². The third kappa shape index (κ3) is 3.79. The number of pyridine rings is 2. The monoisotopic (exact) mass is 501 g/mol. The predicted octanol–water partition coefficient (Wildman–Crippen LogP) is 3.54. The van der Waals surface area contributed by atoms with E-state index in [0.29, 0.717) is 0 Å². The smallest absolute Gasteiger partial charge is 0.249 e. The molecule has 5 rings (SSSR count). The summed E-state index contributed by atoms with van der Waals surface area (Å²) in [5.41, 5.74) is -2.40. The highest BCUT2D eigenvalue weighted by molar-refractivity contribution is 6.15. The average molecular weight is 501 g/mol. The highest BCUT2D eigenvalue weighted by Gasteiger charge is 2.27. The number of fused-ring (bicyclic) bond motifs is 2. The van der Waals surface area contributed by atoms with Gasteiger partial charge in [-0.2, -0.15) is 43.3 Å². The number of halogens is 4. The zero-order chi connectivity index (χ0) is 26.4. The first kappa shape index (κ1) is 23.1. The van der Waals surface area contributed by atoms with Crippen LogP contribution in [0.3, 0.4) is 0 Å². The Balaban J connectivity index is 2.12. The van der Waals surface area contributed by atoms with Gasteiger partial charge in [-0.25, -0.2) is 9.97 Å². The highest BCUT2D eigenvalue weighted by atomic mass is 19.1. The summed E-state index contributed by atoms with van der Waals surface area (Å²) in [6.07, 6.45) is 0. The molecule has 0 spiro atoms. The van der Waals surface area contributed by atoms with Crippen LogP contribution in [0.2, 0.25) is 0 Å². The Morgan fingerprint density at radius 2 is 1.05 bits per heavy atom. The van der Waals surface area contributed by atoms with Crippen molar-refractivity contribution in [2.45, 2.75) is 6.92 Å². The van der Waals surface area contributed by atoms with Gasteiger partial charge in [-0.3, -0.25) is 0 Å². The normalized spacial score (nSPS) is 11.7. The molecule has 0 aliphatic carbocycles. The fourth-order valence-corrected chi connectivity index (χ4v) is 3.72. The van der Waals surface area contributed by atoms with Gasteiger partial charge in [-0.15, -0.1) is 0 Å². The van der Waals surface area contributed by atoms with Gasteiger partial charge in [0.2, 0.25) is 34.9 Å². The summed E-state index contributed by atoms with van der Waals surface area (Å²) in [6.45, 7) is 1.39. The number of rotatable bonds is 2. The van der Waals surface area contributed by atoms with Crippen LogP contribution >= 0.6 is 0 Å². The van der Waals surface area contributed by atoms with Crippen LogP contribution in [0.5, 0.6) is 0 Å². The number of hydrogen-bond donors (Lipinski definition) is 0. The van der Waals surface area contributed by atoms with Gasteiger partial charge in [0.15, 0.2) is 16.7 Å². The minimum Gasteiger partial charge on any atom is -0.435 e. The van der Waals surface area contributed by atoms with Gasteiger partial charge < -0.3 is 8.83 Å². The molecule has 0 radical (unpaired) electrons. The van der Waals surface area contributed by atoms with Crippen molar-refractivity contribution in [2.75, 3.05) is 0 Å². The molecule has 0 unspecified atom stereocenters. The van der Waals surface area contributed by atoms with E-state index in [1.165, 1.54) is 6.92 Å². The molecule has 5 aromatic rings. The van der Waals surface area contributed by atoms with Crippen molar-refractivity contribution in [3.63, 3.8) is 0 Å². The maximum Gasteiger partial charge on any atom is 0.249 e. The number of nitriles is 3. The van der Waals surface area contributed by atoms with Gasteiger partial charge in [0.25, 0.3) is 0 Å². The largest absolute Gasteiger partial charge is 0.435 e. The summed E-state index contributed by atoms with van der Waals surface area (Å²) in [5, 5.41) is 28.0. The molecule has 0 saturated carbocycles. The van der Waals surface area contributed by atoms with E-state index < -0.39 is 34.9 Å². The molecule has 0 atom stereocenters. The molecular formula is C24H7F4N7O2. The lowest BCUT2D eigenvalue weighted by Gasteiger charge is -2.08. The van der Waals surface area contributed by atoms with Crippen LogP contribution in [-0.2, 0) is 0 Å². The second-order valence-electron chi connectivity index (χ2n) is 7.48. The summed E-state index contributed by atoms with van der Waals surface area (Å²) in [7, 11) is 0. The fourth-order valence-electron chi connectivity index (χ4n) is 3.72. The highest BCUT2D eigenvalue weighted by Crippen LogP contribution is 2.42. The molecular weight excluding hydrogens is 494 g/mol. The van der Waals surface area contributed by atoms with E-state index in [-0.39, 0.29) is 55.6 Å². The molecule has 0 fully saturated rings. The van der Waals surface area contributed by atoms with E-state index >= 15 is 0 Å². The molecule has 0 amide bonds. The summed E-state index contributed by atoms with van der Waals surface area (Å²) in [5.74, 6) is -4.77. The second kappa shape index (κ2) is 8.56. The molecule has 0 saturated heterocycles. The summed E-state index contributed by atoms with van der Waals surface area (Å²) in [6, 6.07) is 8.52. The number of oxazole rings is 2. The van der Waals surface area contributed by atoms with Gasteiger partial charge in [0.05, 0.1) is 16.7 Å². The predicted molar refractivity (Wildman–Crippen MR) is 116 cm³/mol. The van der Waals surface area contributed by atoms with E-state index in [1.807, 2.05) is 6.07 Å². The van der Waals surface area contributed by atoms with Gasteiger partial charge in [-0.1, -0.05) is 0 Å². The molecule has 9 nitrogen and oxygen atoms in total. The molecule has 178 valence electrons. The Bertz CT molecular complexity index is 1870. The quantitative estimate of drug-likeness (QED) is 0.261. The Morgan fingerprint density at radius 3 is 1.46 bits per heavy atom. The van der Waals surface area contributed by atoms with Crippen LogP contribution in [0.4, 0.5) is 17.6 Å². The minimum absolute atomic E-state index is 0.0159. The first-order valence-corrected chi connectivity index (χ1v) is 10.1. The van der Waals surface area contributed by atoms with E-state index in [4.69, 9.17) is 8.83 Å². The van der Waals surface area contributed by atoms with Gasteiger partial charge in [0.1, 0.15) is 29.2 Å². The fraction of sp³-hybridized carbons (Fsp3) is 0.0417. The van der Waals surface area contributed by atoms with E-state index in [0.717, 1.165) is 24.3 Å². The second-order valence-corrected chi connectivity index (χ2v) is 7.48. The van der Waals surface area contributed by atoms with Crippen molar-refractivity contribution in [3.05, 3.63) is 59.1 Å². The van der Waals surface area contributed by atoms with Gasteiger partial charge >= 0.3 is 0 Å². The van der Waals surface area contributed by atoms with Crippen LogP contribution in [0, 0.1) is 57.8 Å². The number of benzene rings is 1. The Morgan fingerprint density at radius 1 is 0.649 bits per heavy atom. The average Bonchev–Trinajstić information content (AvgIpc) is 3.46. The van der Waals surface area contributed by atoms with Crippen LogP contribution in [0.15, 0.2) is 33.1 Å². The van der Waals surface area contributed by atoms with Crippen molar-refractivity contribution in [1.29, 1.82) is 15.8 Å². The number of aromatic nitrogens is 4. The third-order valence-corrected chi connectivity index (χ3v) is 5.21. The van der Waals surface area contributed by atoms with Crippen LogP contribution in [0.1, 0.15) is 6.92 Å². The first-order chi connectivity index (χ1) is 17.7. The number of hydrogen-bond acceptors (Lipinski definition) is 9. The first-order valence-electron chi connectivity index (χ1n) is 10.1. The summed E-state index contributed by atoms with van der Waals surface area (Å²) in [4.78, 5) is 14.6. The zero-order valence-electron chi connectivity index (χ0n) is 18.3. The molecule has 37 heavy (non-hydrogen) atoms. The van der Waals surface area contributed by atoms with Crippen molar-refractivity contribution >= 4 is 33.3 Å². The minimum atomic E-state index is -1.19. The van der Waals surface area contributed by atoms with Gasteiger partial charge in [0, 0.05) is 24.3 Å². The third-order valence-electron chi connectivity index (χ3n) is 5.21. The van der Waals surface area contributed by atoms with Crippen LogP contribution < -0.4 is 11.1 Å².